The highest BCUT2D eigenvalue weighted by Crippen LogP contribution is 2.43. The number of nitrogens with one attached hydrogen (secondary N) is 4. The predicted octanol–water partition coefficient (Wildman–Crippen LogP) is -20.6. The molecule has 56 nitrogen and oxygen atoms in total. The lowest BCUT2D eigenvalue weighted by Crippen LogP contribution is -2.71. The topological polar surface area (TPSA) is 864 Å². The molecule has 19 unspecified atom stereocenters. The van der Waals surface area contributed by atoms with Gasteiger partial charge in [0.1, 0.15) is 226 Å². The lowest BCUT2D eigenvalue weighted by molar-refractivity contribution is -0.424. The van der Waals surface area contributed by atoms with Gasteiger partial charge in [-0.15, -0.1) is 0 Å². The third-order valence-corrected chi connectivity index (χ3v) is 24.0. The predicted molar refractivity (Wildman–Crippen MR) is 399 cm³/mol. The largest absolute Gasteiger partial charge is 0.410 e. The molecule has 10 aliphatic heterocycles. The number of rotatable bonds is 36. The molecule has 31 N–H and O–H groups in total. The molecule has 0 saturated carbocycles. The number of ether oxygens (including phenoxy) is 20. The van der Waals surface area contributed by atoms with E-state index in [1.54, 1.807) is 0 Å². The molecule has 51 atom stereocenters. The van der Waals surface area contributed by atoms with E-state index in [2.05, 4.69) is 21.3 Å². The van der Waals surface area contributed by atoms with Crippen LogP contribution in [0.4, 0.5) is 0 Å². The zero-order valence-electron chi connectivity index (χ0n) is 70.0. The summed E-state index contributed by atoms with van der Waals surface area (Å²) < 4.78 is 119. The zero-order chi connectivity index (χ0) is 95.1. The Balaban J connectivity index is 0.960. The van der Waals surface area contributed by atoms with E-state index in [0.717, 1.165) is 27.7 Å². The van der Waals surface area contributed by atoms with Gasteiger partial charge in [0.05, 0.1) is 96.8 Å². The lowest BCUT2D eigenvalue weighted by Gasteiger charge is -2.51. The number of hydrogen-bond donors (Lipinski definition) is 31. The molecule has 0 aromatic heterocycles. The van der Waals surface area contributed by atoms with Crippen LogP contribution in [0.5, 0.6) is 0 Å². The van der Waals surface area contributed by atoms with Crippen LogP contribution >= 0.6 is 0 Å². The lowest BCUT2D eigenvalue weighted by atomic mass is 9.87. The van der Waals surface area contributed by atoms with E-state index >= 15 is 0 Å². The minimum Gasteiger partial charge on any atom is -0.410 e. The average molecular weight is 1890 g/mol. The number of aliphatic hydroxyl groups is 27. The van der Waals surface area contributed by atoms with Gasteiger partial charge in [-0.05, 0) is 6.92 Å². The van der Waals surface area contributed by atoms with Gasteiger partial charge in [0.2, 0.25) is 23.6 Å². The van der Waals surface area contributed by atoms with E-state index in [-0.39, 0.29) is 6.47 Å². The molecule has 746 valence electrons. The first-order valence-corrected chi connectivity index (χ1v) is 41.4. The first-order valence-electron chi connectivity index (χ1n) is 41.4. The van der Waals surface area contributed by atoms with Gasteiger partial charge in [-0.25, -0.2) is 0 Å². The van der Waals surface area contributed by atoms with E-state index in [4.69, 9.17) is 94.7 Å². The van der Waals surface area contributed by atoms with Crippen LogP contribution in [0.1, 0.15) is 48.0 Å². The van der Waals surface area contributed by atoms with Crippen LogP contribution in [0.15, 0.2) is 0 Å². The van der Waals surface area contributed by atoms with Crippen molar-refractivity contribution in [2.24, 2.45) is 5.92 Å². The molecule has 10 saturated heterocycles. The fraction of sp³-hybridized carbons (Fsp3) is 0.932. The van der Waals surface area contributed by atoms with Crippen molar-refractivity contribution in [2.45, 2.75) is 354 Å². The van der Waals surface area contributed by atoms with Crippen LogP contribution < -0.4 is 21.3 Å². The van der Waals surface area contributed by atoms with Crippen LogP contribution in [0.25, 0.3) is 0 Å². The van der Waals surface area contributed by atoms with Gasteiger partial charge in [-0.2, -0.15) is 0 Å². The second-order valence-electron chi connectivity index (χ2n) is 33.0. The minimum absolute atomic E-state index is 0.197. The van der Waals surface area contributed by atoms with Crippen molar-refractivity contribution in [2.75, 3.05) is 66.1 Å². The molecule has 0 spiro atoms. The van der Waals surface area contributed by atoms with Gasteiger partial charge < -0.3 is 254 Å². The Hall–Kier alpha value is -4.49. The van der Waals surface area contributed by atoms with E-state index in [1.807, 2.05) is 0 Å². The summed E-state index contributed by atoms with van der Waals surface area (Å²) in [6, 6.07) is -7.14. The smallest absolute Gasteiger partial charge is 0.332 e. The molecule has 10 rings (SSSR count). The average Bonchev–Trinajstić information content (AvgIpc) is 0.771. The summed E-state index contributed by atoms with van der Waals surface area (Å²) in [5.74, 6) is -7.27. The molecule has 10 heterocycles. The Bertz CT molecular complexity index is 3520. The fourth-order valence-corrected chi connectivity index (χ4v) is 16.9. The van der Waals surface area contributed by atoms with Gasteiger partial charge in [-0.1, -0.05) is 6.92 Å². The highest BCUT2D eigenvalue weighted by atomic mass is 16.9. The standard InChI is InChI=1S/C73H122N4O52/c1-19-25(91)7-73(112-18-86,129-57(19)40(93)26(92)8-78)111-17-35-44(97)51(104)55(108)69(121-35)124-60-32(14-84)119-67(39(49(60)102)77-24(6)90)128-64-53(106)43(96)29(11-81)116-72(64)126-62-45(98)34(120-70(56(62)109)125-61-33(15-85)117-65(37(47(61)100)75-22(4)88)122-58-30(12-82)113-20(2)36(46(58)99)74-21(3)87)16-110-71-63(52(105)42(95)28(10-80)115-71)127-66-38(76-23(5)89)48(101)59(31(13-83)118-66)123-68-54(107)50(103)41(94)27(9-79)114-68/h18-20,25-72,78-85,91-109H,7-17H2,1-6H3,(H,74,87)(H,75,88)(H,76,89)(H,77,90)/t19-,20+,25-,26-,27?,28?,29-,30?,31+,32?,33?,34?,35?,36?,37?,38?,39?,40-,41+,42-,43-,44+,45-,46-,47-,48?,49-,50+,51+,52+,53?,54?,55?,56?,57?,58-,59-,60-,61-,62+,63?,64?,65+,66+,67+,68+,69+,70+,71+,72-,73+/m1/s1. The molecule has 10 aliphatic rings. The van der Waals surface area contributed by atoms with Crippen LogP contribution in [-0.4, -0.2) is 540 Å². The zero-order valence-corrected chi connectivity index (χ0v) is 70.0. The summed E-state index contributed by atoms with van der Waals surface area (Å²) in [5, 5.41) is 313. The van der Waals surface area contributed by atoms with E-state index in [1.165, 1.54) is 13.8 Å². The molecule has 10 fully saturated rings. The van der Waals surface area contributed by atoms with Crippen molar-refractivity contribution in [3.63, 3.8) is 0 Å². The van der Waals surface area contributed by atoms with Crippen molar-refractivity contribution in [3.8, 4) is 0 Å². The SMILES string of the molecule is CC(=O)NC1C(O)[C@H](O[C@@H]2OC(CO)[C@H](O)[C@H](O)C2O)[C@H](CO)O[C@H]1OC1[C@@H](OCC2O[C@@H](O[C@@H]3C(CO)O[C@@H](O[C@@H]4C(CO)O[C@@H](C)C(NC(C)=O)[C@H]4O)C(NC(C)=O)[C@H]3O)C(O)[C@@H](O[C@H]3O[C@H](CO)[C@@H](O)C(O)C3O[C@@H]3OC(CO)[C@@H](O[C@@H]4OC(CO[C@]5(OC=O)C[C@@H](O)[C@@H](C)C([C@H](O)[C@H](O)CO)O5)[C@H](O)[C@H](O)C4O)[C@H](O)C3NC(C)=O)[C@@H]2O)OC(CO)[C@@H](O)[C@@H]1O. The minimum atomic E-state index is -2.67. The summed E-state index contributed by atoms with van der Waals surface area (Å²) in [6.07, 6.45) is -94.0. The molecule has 0 aromatic carbocycles. The van der Waals surface area contributed by atoms with Gasteiger partial charge in [0.15, 0.2) is 50.3 Å². The molecular weight excluding hydrogens is 1760 g/mol. The normalized spacial score (nSPS) is 48.1. The third-order valence-electron chi connectivity index (χ3n) is 24.0. The first-order chi connectivity index (χ1) is 61.0. The van der Waals surface area contributed by atoms with Crippen molar-refractivity contribution in [3.05, 3.63) is 0 Å². The second kappa shape index (κ2) is 46.6. The molecule has 0 aromatic rings. The quantitative estimate of drug-likeness (QED) is 0.0205. The van der Waals surface area contributed by atoms with Crippen molar-refractivity contribution in [1.29, 1.82) is 0 Å². The highest BCUT2D eigenvalue weighted by molar-refractivity contribution is 5.74. The maximum Gasteiger partial charge on any atom is 0.332 e. The monoisotopic (exact) mass is 1890 g/mol. The Morgan fingerprint density at radius 1 is 0.349 bits per heavy atom. The number of amides is 4. The Labute approximate surface area is 732 Å². The summed E-state index contributed by atoms with van der Waals surface area (Å²) >= 11 is 0. The van der Waals surface area contributed by atoms with Crippen LogP contribution in [-0.2, 0) is 119 Å². The summed E-state index contributed by atoms with van der Waals surface area (Å²) in [5.41, 5.74) is 0. The van der Waals surface area contributed by atoms with E-state index in [9.17, 15) is 162 Å². The van der Waals surface area contributed by atoms with E-state index in [0.29, 0.717) is 0 Å². The van der Waals surface area contributed by atoms with Crippen molar-refractivity contribution < 1.29 is 257 Å². The van der Waals surface area contributed by atoms with Gasteiger partial charge >= 0.3 is 5.97 Å². The molecule has 4 amide bonds. The van der Waals surface area contributed by atoms with Crippen LogP contribution in [0, 0.1) is 5.92 Å². The van der Waals surface area contributed by atoms with Crippen LogP contribution in [0.3, 0.4) is 0 Å². The summed E-state index contributed by atoms with van der Waals surface area (Å²) in [4.78, 5) is 63.5. The third kappa shape index (κ3) is 23.9. The maximum absolute atomic E-state index is 13.2. The number of hydrogen-bond acceptors (Lipinski definition) is 52. The second-order valence-corrected chi connectivity index (χ2v) is 33.0. The van der Waals surface area contributed by atoms with Gasteiger partial charge in [0.25, 0.3) is 6.47 Å². The molecule has 0 bridgehead atoms. The van der Waals surface area contributed by atoms with Crippen molar-refractivity contribution in [1.82, 2.24) is 21.3 Å². The number of carbonyl (C=O) groups excluding carboxylic acids is 5. The first kappa shape index (κ1) is 107. The maximum atomic E-state index is 13.2. The Kier molecular flexibility index (Phi) is 38.5. The summed E-state index contributed by atoms with van der Waals surface area (Å²) in [7, 11) is 0. The molecule has 0 radical (unpaired) electrons. The summed E-state index contributed by atoms with van der Waals surface area (Å²) in [6.45, 7) is -4.53. The number of carbonyl (C=O) groups is 5. The number of aliphatic hydroxyl groups excluding tert-OH is 27. The van der Waals surface area contributed by atoms with Crippen molar-refractivity contribution >= 4 is 30.1 Å². The Morgan fingerprint density at radius 3 is 1.07 bits per heavy atom. The Morgan fingerprint density at radius 2 is 0.667 bits per heavy atom. The fourth-order valence-electron chi connectivity index (χ4n) is 16.9. The molecular formula is C73H122N4O52. The van der Waals surface area contributed by atoms with E-state index < -0.39 is 408 Å². The van der Waals surface area contributed by atoms with Crippen LogP contribution in [0.2, 0.25) is 0 Å². The molecule has 0 aliphatic carbocycles. The van der Waals surface area contributed by atoms with Gasteiger partial charge in [-0.3, -0.25) is 24.0 Å². The van der Waals surface area contributed by atoms with Gasteiger partial charge in [0, 0.05) is 33.6 Å². The molecule has 129 heavy (non-hydrogen) atoms. The molecule has 56 heteroatoms. The highest BCUT2D eigenvalue weighted by Gasteiger charge is 2.62.